The van der Waals surface area contributed by atoms with Crippen LogP contribution >= 0.6 is 0 Å². The molecule has 0 spiro atoms. The van der Waals surface area contributed by atoms with Crippen molar-refractivity contribution in [3.05, 3.63) is 48.3 Å². The normalized spacial score (nSPS) is 10.9. The highest BCUT2D eigenvalue weighted by Gasteiger charge is 2.09. The second-order valence-corrected chi connectivity index (χ2v) is 3.74. The van der Waals surface area contributed by atoms with Crippen molar-refractivity contribution in [2.24, 2.45) is 9.98 Å². The molecule has 2 N–H and O–H groups in total. The zero-order chi connectivity index (χ0) is 15.8. The third-order valence-corrected chi connectivity index (χ3v) is 2.15. The molecule has 2 aromatic rings. The highest BCUT2D eigenvalue weighted by molar-refractivity contribution is 6.05. The Morgan fingerprint density at radius 2 is 1.32 bits per heavy atom. The molecule has 0 aromatic carbocycles. The van der Waals surface area contributed by atoms with Crippen molar-refractivity contribution in [3.8, 4) is 0 Å². The van der Waals surface area contributed by atoms with Crippen LogP contribution < -0.4 is 10.6 Å². The number of hydrogen-bond acceptors (Lipinski definition) is 5. The van der Waals surface area contributed by atoms with Crippen molar-refractivity contribution < 1.29 is 23.2 Å². The maximum atomic E-state index is 11.3. The summed E-state index contributed by atoms with van der Waals surface area (Å²) in [4.78, 5) is 40.7. The van der Waals surface area contributed by atoms with Gasteiger partial charge in [0, 0.05) is 0 Å². The summed E-state index contributed by atoms with van der Waals surface area (Å²) in [7, 11) is 0. The van der Waals surface area contributed by atoms with E-state index in [-0.39, 0.29) is 0 Å². The maximum absolute atomic E-state index is 11.3. The van der Waals surface area contributed by atoms with Crippen molar-refractivity contribution in [2.45, 2.75) is 0 Å². The second kappa shape index (κ2) is 7.33. The molecule has 0 bridgehead atoms. The minimum atomic E-state index is -1.05. The van der Waals surface area contributed by atoms with Crippen LogP contribution in [0.5, 0.6) is 0 Å². The number of nitrogens with zero attached hydrogens (tertiary/aromatic N) is 2. The lowest BCUT2D eigenvalue weighted by molar-refractivity contribution is 0.227. The van der Waals surface area contributed by atoms with Gasteiger partial charge in [0.15, 0.2) is 0 Å². The van der Waals surface area contributed by atoms with Gasteiger partial charge < -0.3 is 8.83 Å². The number of imide groups is 2. The molecule has 9 nitrogen and oxygen atoms in total. The van der Waals surface area contributed by atoms with E-state index in [9.17, 15) is 14.4 Å². The van der Waals surface area contributed by atoms with E-state index in [1.807, 2.05) is 10.6 Å². The Labute approximate surface area is 123 Å². The summed E-state index contributed by atoms with van der Waals surface area (Å²) in [5.74, 6) is 0.685. The van der Waals surface area contributed by atoms with Crippen molar-refractivity contribution in [2.75, 3.05) is 0 Å². The first-order chi connectivity index (χ1) is 10.6. The number of rotatable bonds is 2. The van der Waals surface area contributed by atoms with Gasteiger partial charge in [0.1, 0.15) is 11.5 Å². The Morgan fingerprint density at radius 3 is 1.68 bits per heavy atom. The zero-order valence-electron chi connectivity index (χ0n) is 11.1. The van der Waals surface area contributed by atoms with E-state index >= 15 is 0 Å². The monoisotopic (exact) mass is 302 g/mol. The van der Waals surface area contributed by atoms with E-state index in [0.29, 0.717) is 11.5 Å². The van der Waals surface area contributed by atoms with Crippen LogP contribution in [0.25, 0.3) is 0 Å². The fraction of sp³-hybridized carbons (Fsp3) is 0. The highest BCUT2D eigenvalue weighted by Crippen LogP contribution is 1.96. The number of carbonyl (C=O) groups is 3. The molecule has 6 amide bonds. The number of urea groups is 3. The lowest BCUT2D eigenvalue weighted by Gasteiger charge is -1.99. The Balaban J connectivity index is 1.77. The fourth-order valence-corrected chi connectivity index (χ4v) is 1.26. The van der Waals surface area contributed by atoms with Gasteiger partial charge in [-0.3, -0.25) is 10.6 Å². The average Bonchev–Trinajstić information content (AvgIpc) is 3.16. The molecule has 2 heterocycles. The maximum Gasteiger partial charge on any atom is 0.349 e. The largest absolute Gasteiger partial charge is 0.463 e. The van der Waals surface area contributed by atoms with Gasteiger partial charge in [-0.05, 0) is 24.3 Å². The SMILES string of the molecule is O=C(/N=C\c1ccco1)NC(=O)NC(=O)/N=C/c1ccco1. The third-order valence-electron chi connectivity index (χ3n) is 2.15. The third kappa shape index (κ3) is 4.89. The molecule has 0 atom stereocenters. The molecule has 0 aliphatic rings. The standard InChI is InChI=1S/C13H10N4O5/c18-11(14-7-9-3-1-5-21-9)16-13(20)17-12(19)15-8-10-4-2-6-22-10/h1-8H,(H2,16,17,18,19,20)/b14-7-,15-8+. The minimum Gasteiger partial charge on any atom is -0.463 e. The first-order valence-corrected chi connectivity index (χ1v) is 5.94. The fourth-order valence-electron chi connectivity index (χ4n) is 1.26. The van der Waals surface area contributed by atoms with Gasteiger partial charge in [-0.1, -0.05) is 0 Å². The number of carbonyl (C=O) groups excluding carboxylic acids is 3. The predicted octanol–water partition coefficient (Wildman–Crippen LogP) is 1.95. The van der Waals surface area contributed by atoms with E-state index in [1.165, 1.54) is 12.5 Å². The van der Waals surface area contributed by atoms with Crippen LogP contribution in [0.1, 0.15) is 11.5 Å². The lowest BCUT2D eigenvalue weighted by atomic mass is 10.5. The van der Waals surface area contributed by atoms with Crippen molar-refractivity contribution in [3.63, 3.8) is 0 Å². The molecule has 0 unspecified atom stereocenters. The lowest BCUT2D eigenvalue weighted by Crippen LogP contribution is -2.40. The molecule has 0 saturated carbocycles. The first-order valence-electron chi connectivity index (χ1n) is 5.94. The molecule has 2 rings (SSSR count). The van der Waals surface area contributed by atoms with Crippen molar-refractivity contribution in [1.29, 1.82) is 0 Å². The Morgan fingerprint density at radius 1 is 0.864 bits per heavy atom. The summed E-state index contributed by atoms with van der Waals surface area (Å²) < 4.78 is 9.82. The van der Waals surface area contributed by atoms with E-state index < -0.39 is 18.1 Å². The quantitative estimate of drug-likeness (QED) is 0.820. The molecule has 9 heteroatoms. The summed E-state index contributed by atoms with van der Waals surface area (Å²) in [6.45, 7) is 0. The van der Waals surface area contributed by atoms with Gasteiger partial charge in [-0.2, -0.15) is 9.98 Å². The van der Waals surface area contributed by atoms with Crippen LogP contribution in [0.4, 0.5) is 14.4 Å². The number of aliphatic imine (C=N–C) groups is 2. The highest BCUT2D eigenvalue weighted by atomic mass is 16.3. The summed E-state index contributed by atoms with van der Waals surface area (Å²) in [6, 6.07) is 3.40. The zero-order valence-corrected chi connectivity index (χ0v) is 11.1. The van der Waals surface area contributed by atoms with Crippen LogP contribution in [-0.4, -0.2) is 30.5 Å². The van der Waals surface area contributed by atoms with Gasteiger partial charge in [-0.25, -0.2) is 14.4 Å². The topological polar surface area (TPSA) is 126 Å². The first kappa shape index (κ1) is 14.9. The molecule has 0 saturated heterocycles. The molecule has 0 radical (unpaired) electrons. The number of nitrogens with one attached hydrogen (secondary N) is 2. The summed E-state index contributed by atoms with van der Waals surface area (Å²) >= 11 is 0. The molecule has 112 valence electrons. The molecule has 22 heavy (non-hydrogen) atoms. The number of furan rings is 2. The molecule has 0 aliphatic carbocycles. The smallest absolute Gasteiger partial charge is 0.349 e. The van der Waals surface area contributed by atoms with E-state index in [0.717, 1.165) is 12.4 Å². The minimum absolute atomic E-state index is 0.342. The average molecular weight is 302 g/mol. The Hall–Kier alpha value is -3.49. The van der Waals surface area contributed by atoms with E-state index in [1.54, 1.807) is 24.3 Å². The van der Waals surface area contributed by atoms with Gasteiger partial charge in [-0.15, -0.1) is 0 Å². The second-order valence-electron chi connectivity index (χ2n) is 3.74. The summed E-state index contributed by atoms with van der Waals surface area (Å²) in [5, 5.41) is 3.64. The van der Waals surface area contributed by atoms with E-state index in [2.05, 4.69) is 9.98 Å². The number of hydrogen-bond donors (Lipinski definition) is 2. The summed E-state index contributed by atoms with van der Waals surface area (Å²) in [6.07, 6.45) is 5.06. The number of amides is 6. The van der Waals surface area contributed by atoms with Crippen LogP contribution in [0.3, 0.4) is 0 Å². The Bertz CT molecular complexity index is 641. The van der Waals surface area contributed by atoms with Crippen LogP contribution in [0.2, 0.25) is 0 Å². The van der Waals surface area contributed by atoms with Gasteiger partial charge in [0.2, 0.25) is 0 Å². The van der Waals surface area contributed by atoms with Crippen LogP contribution in [-0.2, 0) is 0 Å². The molecule has 2 aromatic heterocycles. The summed E-state index contributed by atoms with van der Waals surface area (Å²) in [5.41, 5.74) is 0. The predicted molar refractivity (Wildman–Crippen MR) is 75.1 cm³/mol. The van der Waals surface area contributed by atoms with Gasteiger partial charge >= 0.3 is 18.1 Å². The van der Waals surface area contributed by atoms with Crippen LogP contribution in [0.15, 0.2) is 55.6 Å². The molecular formula is C13H10N4O5. The molecular weight excluding hydrogens is 292 g/mol. The van der Waals surface area contributed by atoms with Gasteiger partial charge in [0.25, 0.3) is 0 Å². The molecule has 0 aliphatic heterocycles. The molecule has 0 fully saturated rings. The van der Waals surface area contributed by atoms with Crippen molar-refractivity contribution >= 4 is 30.5 Å². The van der Waals surface area contributed by atoms with Crippen LogP contribution in [0, 0.1) is 0 Å². The van der Waals surface area contributed by atoms with E-state index in [4.69, 9.17) is 8.83 Å². The Kier molecular flexibility index (Phi) is 4.97. The van der Waals surface area contributed by atoms with Crippen molar-refractivity contribution in [1.82, 2.24) is 10.6 Å². The van der Waals surface area contributed by atoms with Gasteiger partial charge in [0.05, 0.1) is 25.0 Å².